The van der Waals surface area contributed by atoms with E-state index in [1.54, 1.807) is 0 Å². The molecule has 0 bridgehead atoms. The van der Waals surface area contributed by atoms with Crippen molar-refractivity contribution in [2.45, 2.75) is 5.54 Å². The van der Waals surface area contributed by atoms with Gasteiger partial charge in [-0.25, -0.2) is 0 Å². The zero-order valence-corrected chi connectivity index (χ0v) is 8.97. The van der Waals surface area contributed by atoms with E-state index in [2.05, 4.69) is 6.07 Å². The van der Waals surface area contributed by atoms with Gasteiger partial charge in [0.2, 0.25) is 0 Å². The number of nitriles is 1. The lowest BCUT2D eigenvalue weighted by atomic mass is 9.99. The van der Waals surface area contributed by atoms with Crippen molar-refractivity contribution in [3.63, 3.8) is 0 Å². The number of benzene rings is 1. The van der Waals surface area contributed by atoms with Gasteiger partial charge < -0.3 is 14.7 Å². The number of anilines is 1. The van der Waals surface area contributed by atoms with E-state index in [1.165, 1.54) is 0 Å². The Hall–Kier alpha value is -1.57. The molecule has 1 saturated heterocycles. The topological polar surface area (TPSA) is 56.5 Å². The number of para-hydroxylation sites is 1. The molecule has 4 heteroatoms. The molecule has 1 aromatic rings. The van der Waals surface area contributed by atoms with Gasteiger partial charge in [-0.3, -0.25) is 0 Å². The van der Waals surface area contributed by atoms with E-state index in [0.29, 0.717) is 13.2 Å². The highest BCUT2D eigenvalue weighted by atomic mass is 16.5. The average molecular weight is 218 g/mol. The minimum Gasteiger partial charge on any atom is -0.393 e. The molecule has 16 heavy (non-hydrogen) atoms. The molecule has 0 aromatic heterocycles. The second kappa shape index (κ2) is 4.52. The third-order valence-corrected chi connectivity index (χ3v) is 2.85. The molecule has 0 aliphatic carbocycles. The predicted molar refractivity (Wildman–Crippen MR) is 60.0 cm³/mol. The minimum absolute atomic E-state index is 0.224. The molecule has 1 heterocycles. The fraction of sp³-hybridized carbons (Fsp3) is 0.417. The summed E-state index contributed by atoms with van der Waals surface area (Å²) in [5.41, 5.74) is 0.000903. The summed E-state index contributed by atoms with van der Waals surface area (Å²) >= 11 is 0. The van der Waals surface area contributed by atoms with Gasteiger partial charge in [-0.15, -0.1) is 0 Å². The summed E-state index contributed by atoms with van der Waals surface area (Å²) in [6.07, 6.45) is 0. The van der Waals surface area contributed by atoms with Crippen LogP contribution in [0, 0.1) is 11.3 Å². The van der Waals surface area contributed by atoms with E-state index in [9.17, 15) is 10.4 Å². The third-order valence-electron chi connectivity index (χ3n) is 2.85. The molecule has 1 fully saturated rings. The van der Waals surface area contributed by atoms with Gasteiger partial charge >= 0.3 is 0 Å². The quantitative estimate of drug-likeness (QED) is 0.797. The maximum Gasteiger partial charge on any atom is 0.174 e. The van der Waals surface area contributed by atoms with Crippen LogP contribution >= 0.6 is 0 Å². The summed E-state index contributed by atoms with van der Waals surface area (Å²) < 4.78 is 5.29. The lowest BCUT2D eigenvalue weighted by Gasteiger charge is -2.42. The largest absolute Gasteiger partial charge is 0.393 e. The van der Waals surface area contributed by atoms with Crippen LogP contribution in [0.1, 0.15) is 0 Å². The first-order valence-electron chi connectivity index (χ1n) is 5.25. The molecule has 1 N–H and O–H groups in total. The highest BCUT2D eigenvalue weighted by molar-refractivity contribution is 5.52. The van der Waals surface area contributed by atoms with Gasteiger partial charge in [0, 0.05) is 12.2 Å². The molecule has 2 rings (SSSR count). The summed E-state index contributed by atoms with van der Waals surface area (Å²) in [4.78, 5) is 1.91. The Morgan fingerprint density at radius 1 is 1.44 bits per heavy atom. The first-order valence-corrected chi connectivity index (χ1v) is 5.25. The number of ether oxygens (including phenoxy) is 1. The van der Waals surface area contributed by atoms with Gasteiger partial charge in [0.1, 0.15) is 0 Å². The molecular formula is C12H14N2O2. The molecule has 0 spiro atoms. The normalized spacial score (nSPS) is 25.1. The van der Waals surface area contributed by atoms with Crippen molar-refractivity contribution >= 4 is 5.69 Å². The summed E-state index contributed by atoms with van der Waals surface area (Å²) in [5.74, 6) is 0. The number of aliphatic hydroxyl groups excluding tert-OH is 1. The number of rotatable bonds is 2. The van der Waals surface area contributed by atoms with Gasteiger partial charge in [-0.1, -0.05) is 18.2 Å². The molecule has 84 valence electrons. The van der Waals surface area contributed by atoms with E-state index >= 15 is 0 Å². The molecule has 0 amide bonds. The lowest BCUT2D eigenvalue weighted by Crippen LogP contribution is -2.58. The first-order chi connectivity index (χ1) is 7.82. The van der Waals surface area contributed by atoms with Gasteiger partial charge in [-0.2, -0.15) is 5.26 Å². The van der Waals surface area contributed by atoms with E-state index in [-0.39, 0.29) is 13.2 Å². The zero-order valence-electron chi connectivity index (χ0n) is 8.97. The van der Waals surface area contributed by atoms with Crippen LogP contribution in [0.15, 0.2) is 30.3 Å². The van der Waals surface area contributed by atoms with Crippen molar-refractivity contribution in [2.75, 3.05) is 31.3 Å². The average Bonchev–Trinajstić information content (AvgIpc) is 2.39. The Labute approximate surface area is 94.7 Å². The summed E-state index contributed by atoms with van der Waals surface area (Å²) in [6.45, 7) is 1.23. The van der Waals surface area contributed by atoms with Gasteiger partial charge in [-0.05, 0) is 12.1 Å². The number of morpholine rings is 1. The van der Waals surface area contributed by atoms with Crippen molar-refractivity contribution in [1.29, 1.82) is 5.26 Å². The van der Waals surface area contributed by atoms with Crippen molar-refractivity contribution in [3.05, 3.63) is 30.3 Å². The van der Waals surface area contributed by atoms with Crippen LogP contribution in [-0.2, 0) is 4.74 Å². The number of aliphatic hydroxyl groups is 1. The van der Waals surface area contributed by atoms with E-state index < -0.39 is 5.54 Å². The SMILES string of the molecule is N#C[C@@]1(CO)COCCN1c1ccccc1. The fourth-order valence-electron chi connectivity index (χ4n) is 1.93. The van der Waals surface area contributed by atoms with Crippen LogP contribution in [0.5, 0.6) is 0 Å². The van der Waals surface area contributed by atoms with Crippen LogP contribution in [0.4, 0.5) is 5.69 Å². The van der Waals surface area contributed by atoms with Gasteiger partial charge in [0.05, 0.1) is 25.9 Å². The standard InChI is InChI=1S/C12H14N2O2/c13-8-12(9-15)10-16-7-6-14(12)11-4-2-1-3-5-11/h1-5,15H,6-7,9-10H2/t12-/m1/s1. The Morgan fingerprint density at radius 2 is 2.19 bits per heavy atom. The highest BCUT2D eigenvalue weighted by Gasteiger charge is 2.39. The maximum atomic E-state index is 9.43. The van der Waals surface area contributed by atoms with Crippen LogP contribution in [0.2, 0.25) is 0 Å². The number of hydrogen-bond acceptors (Lipinski definition) is 4. The van der Waals surface area contributed by atoms with E-state index in [0.717, 1.165) is 5.69 Å². The molecule has 0 unspecified atom stereocenters. The highest BCUT2D eigenvalue weighted by Crippen LogP contribution is 2.26. The number of nitrogens with zero attached hydrogens (tertiary/aromatic N) is 2. The van der Waals surface area contributed by atoms with Gasteiger partial charge in [0.15, 0.2) is 5.54 Å². The minimum atomic E-state index is -0.945. The fourth-order valence-corrected chi connectivity index (χ4v) is 1.93. The monoisotopic (exact) mass is 218 g/mol. The van der Waals surface area contributed by atoms with Crippen molar-refractivity contribution in [3.8, 4) is 6.07 Å². The molecule has 1 atom stereocenters. The van der Waals surface area contributed by atoms with Crippen molar-refractivity contribution < 1.29 is 9.84 Å². The van der Waals surface area contributed by atoms with Crippen LogP contribution in [0.25, 0.3) is 0 Å². The zero-order chi connectivity index (χ0) is 11.4. The third kappa shape index (κ3) is 1.75. The maximum absolute atomic E-state index is 9.43. The molecular weight excluding hydrogens is 204 g/mol. The number of hydrogen-bond donors (Lipinski definition) is 1. The summed E-state index contributed by atoms with van der Waals surface area (Å²) in [7, 11) is 0. The van der Waals surface area contributed by atoms with E-state index in [4.69, 9.17) is 4.74 Å². The smallest absolute Gasteiger partial charge is 0.174 e. The molecule has 1 aliphatic heterocycles. The van der Waals surface area contributed by atoms with Gasteiger partial charge in [0.25, 0.3) is 0 Å². The first kappa shape index (κ1) is 10.9. The molecule has 0 radical (unpaired) electrons. The molecule has 4 nitrogen and oxygen atoms in total. The molecule has 1 aliphatic rings. The predicted octanol–water partition coefficient (Wildman–Crippen LogP) is 0.778. The second-order valence-electron chi connectivity index (χ2n) is 3.84. The second-order valence-corrected chi connectivity index (χ2v) is 3.84. The van der Waals surface area contributed by atoms with E-state index in [1.807, 2.05) is 35.2 Å². The summed E-state index contributed by atoms with van der Waals surface area (Å²) in [6, 6.07) is 11.8. The molecule has 0 saturated carbocycles. The molecule has 1 aromatic carbocycles. The Kier molecular flexibility index (Phi) is 3.09. The van der Waals surface area contributed by atoms with Crippen LogP contribution < -0.4 is 4.90 Å². The lowest BCUT2D eigenvalue weighted by molar-refractivity contribution is 0.0456. The van der Waals surface area contributed by atoms with Crippen molar-refractivity contribution in [2.24, 2.45) is 0 Å². The Bertz CT molecular complexity index is 388. The van der Waals surface area contributed by atoms with Crippen LogP contribution in [0.3, 0.4) is 0 Å². The Balaban J connectivity index is 2.34. The summed E-state index contributed by atoms with van der Waals surface area (Å²) in [5, 5.41) is 18.7. The van der Waals surface area contributed by atoms with Crippen molar-refractivity contribution in [1.82, 2.24) is 0 Å². The Morgan fingerprint density at radius 3 is 2.81 bits per heavy atom. The van der Waals surface area contributed by atoms with Crippen LogP contribution in [-0.4, -0.2) is 37.0 Å².